The zero-order valence-corrected chi connectivity index (χ0v) is 15.4. The number of hydrogen-bond donors (Lipinski definition) is 0. The number of hydrogen-bond acceptors (Lipinski definition) is 6. The van der Waals surface area contributed by atoms with E-state index < -0.39 is 10.9 Å². The van der Waals surface area contributed by atoms with Crippen molar-refractivity contribution in [3.8, 4) is 0 Å². The second-order valence-electron chi connectivity index (χ2n) is 5.51. The van der Waals surface area contributed by atoms with Crippen LogP contribution in [0.15, 0.2) is 46.5 Å². The maximum absolute atomic E-state index is 12.6. The van der Waals surface area contributed by atoms with E-state index in [0.717, 1.165) is 16.9 Å². The van der Waals surface area contributed by atoms with E-state index in [9.17, 15) is 14.9 Å². The molecular formula is C17H16N2O4S2. The van der Waals surface area contributed by atoms with Crippen molar-refractivity contribution >= 4 is 40.6 Å². The average molecular weight is 376 g/mol. The Bertz CT molecular complexity index is 814. The van der Waals surface area contributed by atoms with Gasteiger partial charge >= 0.3 is 5.97 Å². The Morgan fingerprint density at radius 2 is 2.12 bits per heavy atom. The molecule has 2 aliphatic heterocycles. The summed E-state index contributed by atoms with van der Waals surface area (Å²) < 4.78 is 5.41. The second kappa shape index (κ2) is 6.97. The van der Waals surface area contributed by atoms with Gasteiger partial charge in [-0.1, -0.05) is 37.0 Å². The van der Waals surface area contributed by atoms with Gasteiger partial charge in [0.25, 0.3) is 5.69 Å². The number of benzene rings is 1. The van der Waals surface area contributed by atoms with E-state index in [4.69, 9.17) is 17.0 Å². The summed E-state index contributed by atoms with van der Waals surface area (Å²) in [5, 5.41) is 10.7. The highest BCUT2D eigenvalue weighted by molar-refractivity contribution is 8.04. The summed E-state index contributed by atoms with van der Waals surface area (Å²) in [7, 11) is 0. The highest BCUT2D eigenvalue weighted by Crippen LogP contribution is 2.50. The average Bonchev–Trinajstić information content (AvgIpc) is 2.95. The van der Waals surface area contributed by atoms with Crippen LogP contribution in [0.3, 0.4) is 0 Å². The second-order valence-corrected chi connectivity index (χ2v) is 7.08. The van der Waals surface area contributed by atoms with Crippen molar-refractivity contribution in [2.24, 2.45) is 0 Å². The number of nitro groups is 1. The quantitative estimate of drug-likeness (QED) is 0.253. The van der Waals surface area contributed by atoms with Gasteiger partial charge in [0.15, 0.2) is 0 Å². The van der Waals surface area contributed by atoms with Gasteiger partial charge in [0.05, 0.1) is 4.92 Å². The fourth-order valence-corrected chi connectivity index (χ4v) is 4.73. The van der Waals surface area contributed by atoms with E-state index in [-0.39, 0.29) is 17.7 Å². The minimum absolute atomic E-state index is 0.00546. The van der Waals surface area contributed by atoms with Gasteiger partial charge in [-0.05, 0) is 31.0 Å². The lowest BCUT2D eigenvalue weighted by Crippen LogP contribution is -2.50. The third kappa shape index (κ3) is 3.07. The molecule has 1 aromatic rings. The van der Waals surface area contributed by atoms with Crippen LogP contribution < -0.4 is 0 Å². The van der Waals surface area contributed by atoms with Gasteiger partial charge in [-0.2, -0.15) is 0 Å². The first-order valence-electron chi connectivity index (χ1n) is 7.78. The number of rotatable bonds is 5. The number of ether oxygens (including phenoxy) is 1. The van der Waals surface area contributed by atoms with Gasteiger partial charge in [0.2, 0.25) is 0 Å². The molecule has 2 aliphatic rings. The van der Waals surface area contributed by atoms with E-state index in [0.29, 0.717) is 16.2 Å². The van der Waals surface area contributed by atoms with Crippen molar-refractivity contribution in [1.29, 1.82) is 0 Å². The lowest BCUT2D eigenvalue weighted by molar-refractivity contribution is -0.384. The molecule has 1 aromatic carbocycles. The largest absolute Gasteiger partial charge is 0.456 e. The molecule has 1 atom stereocenters. The molecule has 0 amide bonds. The van der Waals surface area contributed by atoms with Crippen LogP contribution in [0.25, 0.3) is 0 Å². The van der Waals surface area contributed by atoms with E-state index in [2.05, 4.69) is 0 Å². The van der Waals surface area contributed by atoms with Crippen LogP contribution in [-0.2, 0) is 16.1 Å². The molecule has 0 saturated carbocycles. The first-order chi connectivity index (χ1) is 12.0. The Hall–Kier alpha value is -2.19. The fraction of sp³-hybridized carbons (Fsp3) is 0.294. The summed E-state index contributed by atoms with van der Waals surface area (Å²) in [6.45, 7) is 4.00. The number of thiocarbonyl (C=S) groups is 1. The smallest absolute Gasteiger partial charge is 0.356 e. The van der Waals surface area contributed by atoms with Gasteiger partial charge < -0.3 is 9.64 Å². The number of thioether (sulfide) groups is 1. The molecule has 0 bridgehead atoms. The topological polar surface area (TPSA) is 72.7 Å². The van der Waals surface area contributed by atoms with Crippen LogP contribution >= 0.6 is 24.0 Å². The molecule has 8 heteroatoms. The Morgan fingerprint density at radius 1 is 1.44 bits per heavy atom. The molecule has 1 saturated heterocycles. The van der Waals surface area contributed by atoms with Crippen molar-refractivity contribution in [3.63, 3.8) is 0 Å². The number of fused-ring (bicyclic) bond motifs is 1. The SMILES string of the molecule is CC=C1C(=S)N2C(C(=O)OCc3ccc([N+](=O)[O-])cc3)=C(CC)SC12. The van der Waals surface area contributed by atoms with E-state index >= 15 is 0 Å². The van der Waals surface area contributed by atoms with Gasteiger partial charge in [-0.3, -0.25) is 10.1 Å². The predicted octanol–water partition coefficient (Wildman–Crippen LogP) is 3.92. The summed E-state index contributed by atoms with van der Waals surface area (Å²) in [4.78, 5) is 26.3. The number of esters is 1. The summed E-state index contributed by atoms with van der Waals surface area (Å²) in [6, 6.07) is 5.95. The van der Waals surface area contributed by atoms with E-state index in [1.165, 1.54) is 12.1 Å². The standard InChI is InChI=1S/C17H16N2O4S2/c1-3-12-15(24)18-14(13(4-2)25-16(12)18)17(20)23-9-10-5-7-11(8-6-10)19(21)22/h3,5-8,16H,4,9H2,1-2H3. The molecule has 130 valence electrons. The lowest BCUT2D eigenvalue weighted by Gasteiger charge is -2.40. The third-order valence-corrected chi connectivity index (χ3v) is 5.95. The first kappa shape index (κ1) is 17.6. The summed E-state index contributed by atoms with van der Waals surface area (Å²) in [5.74, 6) is -0.414. The highest BCUT2D eigenvalue weighted by Gasteiger charge is 2.49. The molecule has 2 heterocycles. The van der Waals surface area contributed by atoms with E-state index in [1.54, 1.807) is 23.9 Å². The minimum Gasteiger partial charge on any atom is -0.456 e. The summed E-state index contributed by atoms with van der Waals surface area (Å²) >= 11 is 7.03. The molecule has 1 unspecified atom stereocenters. The molecule has 3 rings (SSSR count). The number of allylic oxidation sites excluding steroid dienone is 2. The van der Waals surface area contributed by atoms with Crippen LogP contribution in [0.4, 0.5) is 5.69 Å². The molecule has 6 nitrogen and oxygen atoms in total. The van der Waals surface area contributed by atoms with Crippen molar-refractivity contribution in [3.05, 3.63) is 62.2 Å². The van der Waals surface area contributed by atoms with Gasteiger partial charge in [-0.25, -0.2) is 4.79 Å². The first-order valence-corrected chi connectivity index (χ1v) is 9.06. The summed E-state index contributed by atoms with van der Waals surface area (Å²) in [6.07, 6.45) is 2.72. The number of carbonyl (C=O) groups excluding carboxylic acids is 1. The third-order valence-electron chi connectivity index (χ3n) is 4.07. The van der Waals surface area contributed by atoms with Crippen molar-refractivity contribution in [2.45, 2.75) is 32.2 Å². The highest BCUT2D eigenvalue weighted by atomic mass is 32.2. The molecule has 25 heavy (non-hydrogen) atoms. The maximum Gasteiger partial charge on any atom is 0.356 e. The normalized spacial score (nSPS) is 20.6. The maximum atomic E-state index is 12.6. The number of carbonyl (C=O) groups is 1. The van der Waals surface area contributed by atoms with Gasteiger partial charge in [-0.15, -0.1) is 0 Å². The molecule has 0 spiro atoms. The number of nitro benzene ring substituents is 1. The molecular weight excluding hydrogens is 360 g/mol. The molecule has 0 aromatic heterocycles. The molecule has 0 aliphatic carbocycles. The Labute approximate surface area is 154 Å². The number of non-ortho nitro benzene ring substituents is 1. The predicted molar refractivity (Wildman–Crippen MR) is 99.8 cm³/mol. The zero-order chi connectivity index (χ0) is 18.1. The summed E-state index contributed by atoms with van der Waals surface area (Å²) in [5.41, 5.74) is 2.30. The number of nitrogens with zero attached hydrogens (tertiary/aromatic N) is 2. The monoisotopic (exact) mass is 376 g/mol. The zero-order valence-electron chi connectivity index (χ0n) is 13.7. The van der Waals surface area contributed by atoms with Crippen LogP contribution in [0.1, 0.15) is 25.8 Å². The van der Waals surface area contributed by atoms with Crippen LogP contribution in [0.5, 0.6) is 0 Å². The van der Waals surface area contributed by atoms with Crippen LogP contribution in [-0.4, -0.2) is 26.2 Å². The van der Waals surface area contributed by atoms with Crippen LogP contribution in [0, 0.1) is 10.1 Å². The minimum atomic E-state index is -0.465. The molecule has 0 N–H and O–H groups in total. The Morgan fingerprint density at radius 3 is 2.68 bits per heavy atom. The Kier molecular flexibility index (Phi) is 4.91. The Balaban J connectivity index is 1.70. The van der Waals surface area contributed by atoms with Gasteiger partial charge in [0, 0.05) is 22.6 Å². The molecule has 0 radical (unpaired) electrons. The lowest BCUT2D eigenvalue weighted by atomic mass is 10.1. The van der Waals surface area contributed by atoms with Crippen molar-refractivity contribution in [2.75, 3.05) is 0 Å². The molecule has 1 fully saturated rings. The van der Waals surface area contributed by atoms with Crippen molar-refractivity contribution in [1.82, 2.24) is 4.90 Å². The van der Waals surface area contributed by atoms with E-state index in [1.807, 2.05) is 24.8 Å². The van der Waals surface area contributed by atoms with Crippen LogP contribution in [0.2, 0.25) is 0 Å². The van der Waals surface area contributed by atoms with Crippen molar-refractivity contribution < 1.29 is 14.5 Å². The van der Waals surface area contributed by atoms with Gasteiger partial charge in [0.1, 0.15) is 22.7 Å². The fourth-order valence-electron chi connectivity index (χ4n) is 2.74.